The van der Waals surface area contributed by atoms with Crippen LogP contribution in [0.4, 0.5) is 0 Å². The van der Waals surface area contributed by atoms with Crippen molar-refractivity contribution in [3.05, 3.63) is 23.2 Å². The highest BCUT2D eigenvalue weighted by atomic mass is 16.5. The smallest absolute Gasteiger partial charge is 0.247 e. The topological polar surface area (TPSA) is 73.4 Å². The van der Waals surface area contributed by atoms with E-state index in [1.165, 1.54) is 18.5 Å². The van der Waals surface area contributed by atoms with Crippen molar-refractivity contribution in [1.29, 1.82) is 0 Å². The molecule has 0 unspecified atom stereocenters. The first-order valence-corrected chi connectivity index (χ1v) is 10.0. The van der Waals surface area contributed by atoms with E-state index in [-0.39, 0.29) is 5.92 Å². The predicted molar refractivity (Wildman–Crippen MR) is 100 cm³/mol. The van der Waals surface area contributed by atoms with Gasteiger partial charge in [0.1, 0.15) is 5.76 Å². The summed E-state index contributed by atoms with van der Waals surface area (Å²) in [7, 11) is 0. The maximum absolute atomic E-state index is 12.9. The molecule has 0 N–H and O–H groups in total. The number of aromatic nitrogens is 3. The quantitative estimate of drug-likeness (QED) is 0.729. The van der Waals surface area contributed by atoms with Gasteiger partial charge in [0.05, 0.1) is 19.3 Å². The molecule has 1 saturated carbocycles. The van der Waals surface area contributed by atoms with E-state index in [9.17, 15) is 4.79 Å². The lowest BCUT2D eigenvalue weighted by Gasteiger charge is -2.30. The minimum Gasteiger partial charge on any atom is -0.440 e. The number of hydrogen-bond donors (Lipinski definition) is 0. The van der Waals surface area contributed by atoms with Crippen molar-refractivity contribution >= 4 is 5.91 Å². The van der Waals surface area contributed by atoms with E-state index in [0.717, 1.165) is 42.8 Å². The van der Waals surface area contributed by atoms with E-state index in [4.69, 9.17) is 14.3 Å². The van der Waals surface area contributed by atoms with Crippen molar-refractivity contribution in [3.8, 4) is 11.6 Å². The fourth-order valence-corrected chi connectivity index (χ4v) is 4.23. The number of hydrogen-bond acceptors (Lipinski definition) is 5. The van der Waals surface area contributed by atoms with Crippen LogP contribution < -0.4 is 0 Å². The molecule has 2 aromatic rings. The van der Waals surface area contributed by atoms with Crippen LogP contribution in [0.3, 0.4) is 0 Å². The average molecular weight is 372 g/mol. The summed E-state index contributed by atoms with van der Waals surface area (Å²) < 4.78 is 13.3. The molecular weight excluding hydrogens is 344 g/mol. The zero-order valence-electron chi connectivity index (χ0n) is 16.2. The van der Waals surface area contributed by atoms with E-state index in [1.54, 1.807) is 6.20 Å². The Morgan fingerprint density at radius 3 is 2.89 bits per heavy atom. The number of nitrogens with zero attached hydrogens (tertiary/aromatic N) is 4. The van der Waals surface area contributed by atoms with Crippen LogP contribution in [0.1, 0.15) is 49.6 Å². The first-order chi connectivity index (χ1) is 13.2. The molecule has 0 radical (unpaired) electrons. The zero-order valence-corrected chi connectivity index (χ0v) is 16.2. The molecule has 0 spiro atoms. The SMILES string of the molecule is CCOCCn1nc(-c2ncc(C)o2)c2c1CCN(C(=O)C1CCCC1)C2. The van der Waals surface area contributed by atoms with Gasteiger partial charge in [0.25, 0.3) is 0 Å². The fraction of sp³-hybridized carbons (Fsp3) is 0.650. The van der Waals surface area contributed by atoms with Gasteiger partial charge in [-0.3, -0.25) is 9.48 Å². The van der Waals surface area contributed by atoms with E-state index in [2.05, 4.69) is 4.98 Å². The molecule has 4 rings (SSSR count). The number of oxazole rings is 1. The van der Waals surface area contributed by atoms with Crippen LogP contribution in [0, 0.1) is 12.8 Å². The molecule has 0 bridgehead atoms. The van der Waals surface area contributed by atoms with Crippen LogP contribution in [-0.4, -0.2) is 45.3 Å². The number of aryl methyl sites for hydroxylation is 1. The molecule has 0 saturated heterocycles. The van der Waals surface area contributed by atoms with Crippen LogP contribution in [0.15, 0.2) is 10.6 Å². The number of amides is 1. The van der Waals surface area contributed by atoms with Crippen molar-refractivity contribution in [3.63, 3.8) is 0 Å². The third kappa shape index (κ3) is 3.65. The lowest BCUT2D eigenvalue weighted by atomic mass is 10.0. The summed E-state index contributed by atoms with van der Waals surface area (Å²) in [5.74, 6) is 1.80. The highest BCUT2D eigenvalue weighted by Gasteiger charge is 2.33. The maximum Gasteiger partial charge on any atom is 0.247 e. The molecular formula is C20H28N4O3. The Balaban J connectivity index is 1.62. The summed E-state index contributed by atoms with van der Waals surface area (Å²) in [6.07, 6.45) is 6.93. The van der Waals surface area contributed by atoms with Gasteiger partial charge in [-0.2, -0.15) is 5.10 Å². The molecule has 3 heterocycles. The lowest BCUT2D eigenvalue weighted by molar-refractivity contribution is -0.136. The van der Waals surface area contributed by atoms with Crippen LogP contribution in [0.5, 0.6) is 0 Å². The van der Waals surface area contributed by atoms with E-state index < -0.39 is 0 Å². The van der Waals surface area contributed by atoms with Crippen LogP contribution in [-0.2, 0) is 29.0 Å². The molecule has 7 heteroatoms. The number of fused-ring (bicyclic) bond motifs is 1. The molecule has 0 aromatic carbocycles. The fourth-order valence-electron chi connectivity index (χ4n) is 4.23. The molecule has 1 aliphatic heterocycles. The van der Waals surface area contributed by atoms with Crippen molar-refractivity contribution in [1.82, 2.24) is 19.7 Å². The third-order valence-electron chi connectivity index (χ3n) is 5.63. The molecule has 2 aliphatic rings. The van der Waals surface area contributed by atoms with Gasteiger partial charge < -0.3 is 14.1 Å². The summed E-state index contributed by atoms with van der Waals surface area (Å²) in [4.78, 5) is 19.3. The highest BCUT2D eigenvalue weighted by molar-refractivity contribution is 5.79. The van der Waals surface area contributed by atoms with Gasteiger partial charge in [0, 0.05) is 43.3 Å². The summed E-state index contributed by atoms with van der Waals surface area (Å²) >= 11 is 0. The predicted octanol–water partition coefficient (Wildman–Crippen LogP) is 2.96. The standard InChI is InChI=1S/C20H28N4O3/c1-3-26-11-10-24-17-8-9-23(20(25)15-6-4-5-7-15)13-16(17)18(22-24)19-21-12-14(2)27-19/h12,15H,3-11,13H2,1-2H3. The monoisotopic (exact) mass is 372 g/mol. The Labute approximate surface area is 159 Å². The van der Waals surface area contributed by atoms with Crippen molar-refractivity contribution < 1.29 is 13.9 Å². The van der Waals surface area contributed by atoms with Gasteiger partial charge in [-0.05, 0) is 26.7 Å². The molecule has 1 aliphatic carbocycles. The molecule has 7 nitrogen and oxygen atoms in total. The van der Waals surface area contributed by atoms with Crippen molar-refractivity contribution in [2.24, 2.45) is 5.92 Å². The second kappa shape index (κ2) is 7.84. The average Bonchev–Trinajstić information content (AvgIpc) is 3.41. The van der Waals surface area contributed by atoms with Crippen LogP contribution >= 0.6 is 0 Å². The minimum atomic E-state index is 0.201. The number of ether oxygens (including phenoxy) is 1. The summed E-state index contributed by atoms with van der Waals surface area (Å²) in [5, 5.41) is 4.78. The molecule has 1 amide bonds. The Bertz CT molecular complexity index is 804. The maximum atomic E-state index is 12.9. The highest BCUT2D eigenvalue weighted by Crippen LogP contribution is 2.33. The van der Waals surface area contributed by atoms with Gasteiger partial charge in [-0.15, -0.1) is 0 Å². The number of carbonyl (C=O) groups is 1. The first kappa shape index (κ1) is 18.2. The van der Waals surface area contributed by atoms with Crippen molar-refractivity contribution in [2.75, 3.05) is 19.8 Å². The second-order valence-corrected chi connectivity index (χ2v) is 7.46. The van der Waals surface area contributed by atoms with Crippen LogP contribution in [0.25, 0.3) is 11.6 Å². The van der Waals surface area contributed by atoms with Gasteiger partial charge in [-0.1, -0.05) is 12.8 Å². The summed E-state index contributed by atoms with van der Waals surface area (Å²) in [6, 6.07) is 0. The Morgan fingerprint density at radius 2 is 2.19 bits per heavy atom. The normalized spacial score (nSPS) is 17.5. The largest absolute Gasteiger partial charge is 0.440 e. The van der Waals surface area contributed by atoms with Gasteiger partial charge in [-0.25, -0.2) is 4.98 Å². The summed E-state index contributed by atoms with van der Waals surface area (Å²) in [6.45, 7) is 7.24. The molecule has 2 aromatic heterocycles. The van der Waals surface area contributed by atoms with Gasteiger partial charge in [0.15, 0.2) is 5.69 Å². The van der Waals surface area contributed by atoms with E-state index in [0.29, 0.717) is 38.1 Å². The Hall–Kier alpha value is -2.15. The molecule has 27 heavy (non-hydrogen) atoms. The van der Waals surface area contributed by atoms with Gasteiger partial charge in [0.2, 0.25) is 11.8 Å². The van der Waals surface area contributed by atoms with E-state index >= 15 is 0 Å². The Kier molecular flexibility index (Phi) is 5.29. The summed E-state index contributed by atoms with van der Waals surface area (Å²) in [5.41, 5.74) is 3.01. The van der Waals surface area contributed by atoms with Crippen LogP contribution in [0.2, 0.25) is 0 Å². The second-order valence-electron chi connectivity index (χ2n) is 7.46. The number of carbonyl (C=O) groups excluding carboxylic acids is 1. The zero-order chi connectivity index (χ0) is 18.8. The lowest BCUT2D eigenvalue weighted by Crippen LogP contribution is -2.39. The van der Waals surface area contributed by atoms with Crippen molar-refractivity contribution in [2.45, 2.75) is 59.0 Å². The first-order valence-electron chi connectivity index (χ1n) is 10.0. The number of rotatable bonds is 6. The molecule has 0 atom stereocenters. The third-order valence-corrected chi connectivity index (χ3v) is 5.63. The Morgan fingerprint density at radius 1 is 1.37 bits per heavy atom. The van der Waals surface area contributed by atoms with E-state index in [1.807, 2.05) is 23.4 Å². The van der Waals surface area contributed by atoms with Gasteiger partial charge >= 0.3 is 0 Å². The molecule has 1 fully saturated rings. The molecule has 146 valence electrons. The minimum absolute atomic E-state index is 0.201.